The Morgan fingerprint density at radius 1 is 1.07 bits per heavy atom. The highest BCUT2D eigenvalue weighted by Crippen LogP contribution is 2.32. The molecular formula is C23H21N3O3S. The minimum Gasteiger partial charge on any atom is -0.348 e. The van der Waals surface area contributed by atoms with Gasteiger partial charge in [0.15, 0.2) is 5.78 Å². The van der Waals surface area contributed by atoms with Crippen LogP contribution in [-0.2, 0) is 24.0 Å². The van der Waals surface area contributed by atoms with E-state index >= 15 is 0 Å². The molecule has 1 aliphatic heterocycles. The van der Waals surface area contributed by atoms with E-state index in [1.54, 1.807) is 41.9 Å². The monoisotopic (exact) mass is 419 g/mol. The van der Waals surface area contributed by atoms with Gasteiger partial charge >= 0.3 is 0 Å². The second-order valence-corrected chi connectivity index (χ2v) is 8.76. The molecule has 2 heterocycles. The van der Waals surface area contributed by atoms with E-state index in [9.17, 15) is 13.8 Å². The van der Waals surface area contributed by atoms with Crippen molar-refractivity contribution in [2.45, 2.75) is 18.2 Å². The Hall–Kier alpha value is -3.32. The molecule has 2 atom stereocenters. The van der Waals surface area contributed by atoms with Crippen molar-refractivity contribution in [3.8, 4) is 0 Å². The Labute approximate surface area is 177 Å². The zero-order chi connectivity index (χ0) is 21.1. The summed E-state index contributed by atoms with van der Waals surface area (Å²) in [4.78, 5) is 29.7. The number of Topliss-reactive ketones (excluding diaryl/α,β-unsaturated/α-hetero) is 1. The van der Waals surface area contributed by atoms with Crippen LogP contribution in [0.25, 0.3) is 0 Å². The first kappa shape index (κ1) is 20.0. The molecule has 0 saturated heterocycles. The number of pyridine rings is 1. The molecule has 0 fully saturated rings. The van der Waals surface area contributed by atoms with E-state index in [0.29, 0.717) is 29.8 Å². The van der Waals surface area contributed by atoms with E-state index in [1.807, 2.05) is 42.5 Å². The van der Waals surface area contributed by atoms with Gasteiger partial charge in [-0.25, -0.2) is 4.21 Å². The molecule has 1 aliphatic rings. The number of amides is 1. The van der Waals surface area contributed by atoms with Crippen LogP contribution in [0.15, 0.2) is 73.1 Å². The number of nitrogens with zero attached hydrogens (tertiary/aromatic N) is 2. The molecule has 1 N–H and O–H groups in total. The van der Waals surface area contributed by atoms with Gasteiger partial charge in [-0.3, -0.25) is 18.9 Å². The first-order valence-electron chi connectivity index (χ1n) is 9.58. The lowest BCUT2D eigenvalue weighted by molar-refractivity contribution is 0.0951. The number of rotatable bonds is 5. The second kappa shape index (κ2) is 8.59. The summed E-state index contributed by atoms with van der Waals surface area (Å²) in [6.07, 6.45) is 3.72. The summed E-state index contributed by atoms with van der Waals surface area (Å²) >= 11 is 0. The summed E-state index contributed by atoms with van der Waals surface area (Å²) < 4.78 is 14.5. The smallest absolute Gasteiger partial charge is 0.251 e. The van der Waals surface area contributed by atoms with Crippen LogP contribution in [0.5, 0.6) is 0 Å². The Bertz CT molecular complexity index is 1100. The number of aromatic nitrogens is 1. The molecule has 0 radical (unpaired) electrons. The van der Waals surface area contributed by atoms with Crippen LogP contribution >= 0.6 is 0 Å². The molecule has 3 aromatic rings. The lowest BCUT2D eigenvalue weighted by atomic mass is 9.98. The predicted molar refractivity (Wildman–Crippen MR) is 117 cm³/mol. The summed E-state index contributed by atoms with van der Waals surface area (Å²) in [7, 11) is 0.228. The molecule has 6 nitrogen and oxygen atoms in total. The molecule has 30 heavy (non-hydrogen) atoms. The Morgan fingerprint density at radius 2 is 1.80 bits per heavy atom. The predicted octanol–water partition coefficient (Wildman–Crippen LogP) is 2.92. The molecule has 7 heteroatoms. The third-order valence-corrected chi connectivity index (χ3v) is 6.74. The molecular weight excluding hydrogens is 398 g/mol. The first-order chi connectivity index (χ1) is 14.5. The van der Waals surface area contributed by atoms with E-state index in [2.05, 4.69) is 10.3 Å². The zero-order valence-electron chi connectivity index (χ0n) is 16.4. The number of nitrogens with one attached hydrogen (secondary N) is 1. The molecule has 0 saturated carbocycles. The first-order valence-corrected chi connectivity index (χ1v) is 10.8. The van der Waals surface area contributed by atoms with Crippen LogP contribution in [-0.4, -0.2) is 33.2 Å². The average Bonchev–Trinajstić information content (AvgIpc) is 2.80. The summed E-state index contributed by atoms with van der Waals surface area (Å²) in [5, 5.41) is 2.18. The van der Waals surface area contributed by atoms with Gasteiger partial charge in [-0.1, -0.05) is 30.3 Å². The van der Waals surface area contributed by atoms with E-state index < -0.39 is 16.2 Å². The number of ketones is 1. The van der Waals surface area contributed by atoms with E-state index in [4.69, 9.17) is 0 Å². The SMILES string of the molecule is CN1c2ccc(C(=O)NCc3ccncc3)cc2C(=O)C(Cc2ccccc2)S1=O. The number of fused-ring (bicyclic) bond motifs is 1. The maximum absolute atomic E-state index is 13.2. The Balaban J connectivity index is 1.57. The normalized spacial score (nSPS) is 18.0. The summed E-state index contributed by atoms with van der Waals surface area (Å²) in [5.41, 5.74) is 3.29. The molecule has 0 spiro atoms. The fourth-order valence-corrected chi connectivity index (χ4v) is 4.86. The molecule has 152 valence electrons. The molecule has 1 amide bonds. The molecule has 2 aromatic carbocycles. The summed E-state index contributed by atoms with van der Waals surface area (Å²) in [5.74, 6) is -0.467. The maximum Gasteiger partial charge on any atom is 0.251 e. The van der Waals surface area contributed by atoms with E-state index in [0.717, 1.165) is 11.1 Å². The van der Waals surface area contributed by atoms with Gasteiger partial charge in [-0.2, -0.15) is 0 Å². The van der Waals surface area contributed by atoms with Crippen molar-refractivity contribution in [1.29, 1.82) is 0 Å². The van der Waals surface area contributed by atoms with Crippen molar-refractivity contribution >= 4 is 28.4 Å². The van der Waals surface area contributed by atoms with Crippen LogP contribution in [0.3, 0.4) is 0 Å². The van der Waals surface area contributed by atoms with Crippen LogP contribution in [0.1, 0.15) is 31.8 Å². The molecule has 1 aromatic heterocycles. The fraction of sp³-hybridized carbons (Fsp3) is 0.174. The number of hydrogen-bond donors (Lipinski definition) is 1. The Morgan fingerprint density at radius 3 is 2.53 bits per heavy atom. The number of benzene rings is 2. The van der Waals surface area contributed by atoms with Gasteiger partial charge in [0.05, 0.1) is 5.69 Å². The average molecular weight is 420 g/mol. The lowest BCUT2D eigenvalue weighted by Gasteiger charge is -2.31. The van der Waals surface area contributed by atoms with Crippen LogP contribution in [0.2, 0.25) is 0 Å². The van der Waals surface area contributed by atoms with Gasteiger partial charge < -0.3 is 5.32 Å². The van der Waals surface area contributed by atoms with Crippen molar-refractivity contribution in [3.05, 3.63) is 95.3 Å². The van der Waals surface area contributed by atoms with Crippen molar-refractivity contribution in [2.75, 3.05) is 11.4 Å². The molecule has 2 unspecified atom stereocenters. The highest BCUT2D eigenvalue weighted by molar-refractivity contribution is 7.88. The topological polar surface area (TPSA) is 79.4 Å². The quantitative estimate of drug-likeness (QED) is 0.690. The number of carbonyl (C=O) groups is 2. The van der Waals surface area contributed by atoms with E-state index in [1.165, 1.54) is 0 Å². The third kappa shape index (κ3) is 4.02. The summed E-state index contributed by atoms with van der Waals surface area (Å²) in [6.45, 7) is 0.368. The number of hydrogen-bond acceptors (Lipinski definition) is 4. The van der Waals surface area contributed by atoms with Crippen molar-refractivity contribution in [2.24, 2.45) is 0 Å². The second-order valence-electron chi connectivity index (χ2n) is 7.09. The highest BCUT2D eigenvalue weighted by atomic mass is 32.2. The Kier molecular flexibility index (Phi) is 5.72. The van der Waals surface area contributed by atoms with Gasteiger partial charge in [0.2, 0.25) is 0 Å². The maximum atomic E-state index is 13.2. The zero-order valence-corrected chi connectivity index (χ0v) is 17.3. The van der Waals surface area contributed by atoms with Crippen molar-refractivity contribution in [3.63, 3.8) is 0 Å². The minimum absolute atomic E-state index is 0.200. The fourth-order valence-electron chi connectivity index (χ4n) is 3.48. The molecule has 0 aliphatic carbocycles. The standard InChI is InChI=1S/C23H21N3O3S/c1-26-20-8-7-18(23(28)25-15-17-9-11-24-12-10-17)14-19(20)22(27)21(30(26)29)13-16-5-3-2-4-6-16/h2-12,14,21H,13,15H2,1H3,(H,25,28). The van der Waals surface area contributed by atoms with Crippen molar-refractivity contribution in [1.82, 2.24) is 10.3 Å². The molecule has 4 rings (SSSR count). The van der Waals surface area contributed by atoms with Gasteiger partial charge in [0.1, 0.15) is 16.2 Å². The minimum atomic E-state index is -1.48. The number of anilines is 1. The van der Waals surface area contributed by atoms with Gasteiger partial charge in [-0.15, -0.1) is 0 Å². The summed E-state index contributed by atoms with van der Waals surface area (Å²) in [6, 6.07) is 18.1. The lowest BCUT2D eigenvalue weighted by Crippen LogP contribution is -2.42. The third-order valence-electron chi connectivity index (χ3n) is 5.14. The van der Waals surface area contributed by atoms with Gasteiger partial charge in [0, 0.05) is 37.1 Å². The van der Waals surface area contributed by atoms with Crippen LogP contribution in [0.4, 0.5) is 5.69 Å². The largest absolute Gasteiger partial charge is 0.348 e. The number of carbonyl (C=O) groups excluding carboxylic acids is 2. The van der Waals surface area contributed by atoms with Gasteiger partial charge in [-0.05, 0) is 47.9 Å². The molecule has 0 bridgehead atoms. The van der Waals surface area contributed by atoms with E-state index in [-0.39, 0.29) is 11.7 Å². The highest BCUT2D eigenvalue weighted by Gasteiger charge is 2.37. The van der Waals surface area contributed by atoms with Crippen LogP contribution < -0.4 is 9.62 Å². The van der Waals surface area contributed by atoms with Gasteiger partial charge in [0.25, 0.3) is 5.91 Å². The van der Waals surface area contributed by atoms with Crippen LogP contribution in [0, 0.1) is 0 Å². The van der Waals surface area contributed by atoms with Crippen molar-refractivity contribution < 1.29 is 13.8 Å².